The summed E-state index contributed by atoms with van der Waals surface area (Å²) in [7, 11) is 0. The van der Waals surface area contributed by atoms with Crippen molar-refractivity contribution < 1.29 is 9.59 Å². The van der Waals surface area contributed by atoms with E-state index in [0.717, 1.165) is 44.7 Å². The number of carbonyl (C=O) groups is 2. The fourth-order valence-corrected chi connectivity index (χ4v) is 3.01. The van der Waals surface area contributed by atoms with E-state index in [2.05, 4.69) is 15.5 Å². The number of benzene rings is 1. The fraction of sp³-hybridized carbons (Fsp3) is 0.412. The van der Waals surface area contributed by atoms with Crippen molar-refractivity contribution >= 4 is 42.0 Å². The number of urea groups is 1. The highest BCUT2D eigenvalue weighted by atomic mass is 35.5. The van der Waals surface area contributed by atoms with Gasteiger partial charge >= 0.3 is 6.03 Å². The number of nitrogens with one attached hydrogen (secondary N) is 2. The second-order valence-corrected chi connectivity index (χ2v) is 6.38. The summed E-state index contributed by atoms with van der Waals surface area (Å²) in [6.07, 6.45) is 2.46. The van der Waals surface area contributed by atoms with Gasteiger partial charge < -0.3 is 15.5 Å². The Hall–Kier alpha value is -1.60. The van der Waals surface area contributed by atoms with Crippen LogP contribution in [-0.2, 0) is 4.79 Å². The molecule has 3 rings (SSSR count). The first-order chi connectivity index (χ1) is 11.6. The molecule has 2 fully saturated rings. The molecule has 3 amide bonds. The van der Waals surface area contributed by atoms with Gasteiger partial charge in [0.1, 0.15) is 5.70 Å². The molecule has 0 aromatic heterocycles. The Kier molecular flexibility index (Phi) is 7.25. The van der Waals surface area contributed by atoms with Gasteiger partial charge in [0, 0.05) is 37.7 Å². The summed E-state index contributed by atoms with van der Waals surface area (Å²) in [5.41, 5.74) is 1.13. The summed E-state index contributed by atoms with van der Waals surface area (Å²) in [4.78, 5) is 28.1. The Morgan fingerprint density at radius 2 is 1.76 bits per heavy atom. The molecule has 0 bridgehead atoms. The highest BCUT2D eigenvalue weighted by molar-refractivity contribution is 6.30. The lowest BCUT2D eigenvalue weighted by Gasteiger charge is -2.27. The molecule has 2 N–H and O–H groups in total. The molecular weight excluding hydrogens is 363 g/mol. The van der Waals surface area contributed by atoms with Gasteiger partial charge in [-0.05, 0) is 36.7 Å². The van der Waals surface area contributed by atoms with Crippen molar-refractivity contribution in [3.63, 3.8) is 0 Å². The summed E-state index contributed by atoms with van der Waals surface area (Å²) in [6.45, 7) is 5.36. The van der Waals surface area contributed by atoms with Crippen LogP contribution in [0.1, 0.15) is 12.0 Å². The molecule has 6 nitrogen and oxygen atoms in total. The van der Waals surface area contributed by atoms with Crippen LogP contribution in [0.5, 0.6) is 0 Å². The molecule has 0 aliphatic carbocycles. The number of piperazine rings is 1. The predicted octanol–water partition coefficient (Wildman–Crippen LogP) is 1.95. The molecule has 0 atom stereocenters. The molecule has 2 aliphatic heterocycles. The third kappa shape index (κ3) is 5.19. The molecule has 2 heterocycles. The van der Waals surface area contributed by atoms with Crippen LogP contribution in [0, 0.1) is 0 Å². The van der Waals surface area contributed by atoms with Gasteiger partial charge in [0.15, 0.2) is 0 Å². The van der Waals surface area contributed by atoms with E-state index in [1.54, 1.807) is 18.2 Å². The van der Waals surface area contributed by atoms with Crippen LogP contribution >= 0.6 is 24.0 Å². The molecule has 25 heavy (non-hydrogen) atoms. The minimum Gasteiger partial charge on any atom is -0.314 e. The van der Waals surface area contributed by atoms with Gasteiger partial charge in [-0.2, -0.15) is 0 Å². The standard InChI is InChI=1S/C17H21ClN4O2.ClH/c18-14-4-2-13(3-5-14)12-15-16(23)22(17(24)20-15)9-1-8-21-10-6-19-7-11-21;/h2-5,12,19H,1,6-11H2,(H,20,24);1H/b15-12+;. The van der Waals surface area contributed by atoms with Gasteiger partial charge in [-0.1, -0.05) is 23.7 Å². The summed E-state index contributed by atoms with van der Waals surface area (Å²) < 4.78 is 0. The third-order valence-electron chi connectivity index (χ3n) is 4.21. The zero-order chi connectivity index (χ0) is 16.9. The second-order valence-electron chi connectivity index (χ2n) is 5.94. The average molecular weight is 385 g/mol. The van der Waals surface area contributed by atoms with Crippen LogP contribution in [0.3, 0.4) is 0 Å². The van der Waals surface area contributed by atoms with Crippen LogP contribution in [0.15, 0.2) is 30.0 Å². The Bertz CT molecular complexity index is 643. The van der Waals surface area contributed by atoms with Crippen molar-refractivity contribution in [3.05, 3.63) is 40.5 Å². The molecule has 1 aromatic carbocycles. The zero-order valence-corrected chi connectivity index (χ0v) is 15.4. The summed E-state index contributed by atoms with van der Waals surface area (Å²) in [6, 6.07) is 6.77. The van der Waals surface area contributed by atoms with Crippen molar-refractivity contribution in [1.82, 2.24) is 20.4 Å². The number of halogens is 2. The normalized spacial score (nSPS) is 19.9. The van der Waals surface area contributed by atoms with Crippen molar-refractivity contribution in [1.29, 1.82) is 0 Å². The molecule has 0 spiro atoms. The Morgan fingerprint density at radius 1 is 1.08 bits per heavy atom. The van der Waals surface area contributed by atoms with E-state index in [0.29, 0.717) is 17.3 Å². The lowest BCUT2D eigenvalue weighted by atomic mass is 10.2. The monoisotopic (exact) mass is 384 g/mol. The van der Waals surface area contributed by atoms with Crippen LogP contribution in [0.4, 0.5) is 4.79 Å². The van der Waals surface area contributed by atoms with Crippen molar-refractivity contribution in [3.8, 4) is 0 Å². The first-order valence-corrected chi connectivity index (χ1v) is 8.54. The first kappa shape index (κ1) is 19.7. The smallest absolute Gasteiger partial charge is 0.314 e. The third-order valence-corrected chi connectivity index (χ3v) is 4.46. The molecule has 0 unspecified atom stereocenters. The molecule has 2 aliphatic rings. The summed E-state index contributed by atoms with van der Waals surface area (Å²) in [5, 5.41) is 6.59. The lowest BCUT2D eigenvalue weighted by Crippen LogP contribution is -2.44. The van der Waals surface area contributed by atoms with Gasteiger partial charge in [-0.3, -0.25) is 9.69 Å². The number of amides is 3. The molecule has 0 radical (unpaired) electrons. The summed E-state index contributed by atoms with van der Waals surface area (Å²) >= 11 is 5.85. The maximum absolute atomic E-state index is 12.4. The average Bonchev–Trinajstić information content (AvgIpc) is 2.85. The van der Waals surface area contributed by atoms with E-state index >= 15 is 0 Å². The van der Waals surface area contributed by atoms with E-state index in [4.69, 9.17) is 11.6 Å². The predicted molar refractivity (Wildman–Crippen MR) is 101 cm³/mol. The number of rotatable bonds is 5. The van der Waals surface area contributed by atoms with Crippen LogP contribution in [0.25, 0.3) is 6.08 Å². The largest absolute Gasteiger partial charge is 0.329 e. The zero-order valence-electron chi connectivity index (χ0n) is 13.8. The van der Waals surface area contributed by atoms with E-state index in [1.165, 1.54) is 4.90 Å². The molecule has 0 saturated carbocycles. The molecule has 136 valence electrons. The maximum atomic E-state index is 12.4. The second kappa shape index (κ2) is 9.20. The van der Waals surface area contributed by atoms with Crippen molar-refractivity contribution in [2.45, 2.75) is 6.42 Å². The Balaban J connectivity index is 0.00000225. The quantitative estimate of drug-likeness (QED) is 0.601. The molecule has 2 saturated heterocycles. The highest BCUT2D eigenvalue weighted by Gasteiger charge is 2.33. The van der Waals surface area contributed by atoms with E-state index in [9.17, 15) is 9.59 Å². The maximum Gasteiger partial charge on any atom is 0.329 e. The molecular formula is C17H22Cl2N4O2. The number of hydrogen-bond acceptors (Lipinski definition) is 4. The van der Waals surface area contributed by atoms with Gasteiger partial charge in [-0.15, -0.1) is 12.4 Å². The van der Waals surface area contributed by atoms with Gasteiger partial charge in [-0.25, -0.2) is 4.79 Å². The Labute approximate surface area is 158 Å². The fourth-order valence-electron chi connectivity index (χ4n) is 2.89. The van der Waals surface area contributed by atoms with E-state index in [-0.39, 0.29) is 24.3 Å². The number of carbonyl (C=O) groups excluding carboxylic acids is 2. The van der Waals surface area contributed by atoms with Crippen molar-refractivity contribution in [2.75, 3.05) is 39.3 Å². The van der Waals surface area contributed by atoms with Gasteiger partial charge in [0.25, 0.3) is 5.91 Å². The first-order valence-electron chi connectivity index (χ1n) is 8.17. The topological polar surface area (TPSA) is 64.7 Å². The SMILES string of the molecule is Cl.O=C1N/C(=C/c2ccc(Cl)cc2)C(=O)N1CCCN1CCNCC1. The minimum atomic E-state index is -0.347. The Morgan fingerprint density at radius 3 is 2.44 bits per heavy atom. The van der Waals surface area contributed by atoms with E-state index < -0.39 is 0 Å². The molecule has 1 aromatic rings. The van der Waals surface area contributed by atoms with Gasteiger partial charge in [0.05, 0.1) is 0 Å². The van der Waals surface area contributed by atoms with Gasteiger partial charge in [0.2, 0.25) is 0 Å². The van der Waals surface area contributed by atoms with Crippen LogP contribution in [0.2, 0.25) is 5.02 Å². The summed E-state index contributed by atoms with van der Waals surface area (Å²) in [5.74, 6) is -0.268. The van der Waals surface area contributed by atoms with E-state index in [1.807, 2.05) is 12.1 Å². The number of hydrogen-bond donors (Lipinski definition) is 2. The van der Waals surface area contributed by atoms with Crippen LogP contribution in [-0.4, -0.2) is 61.0 Å². The van der Waals surface area contributed by atoms with Crippen LogP contribution < -0.4 is 10.6 Å². The number of imide groups is 1. The van der Waals surface area contributed by atoms with Crippen molar-refractivity contribution in [2.24, 2.45) is 0 Å². The lowest BCUT2D eigenvalue weighted by molar-refractivity contribution is -0.122. The minimum absolute atomic E-state index is 0. The molecule has 8 heteroatoms. The number of nitrogens with zero attached hydrogens (tertiary/aromatic N) is 2. The highest BCUT2D eigenvalue weighted by Crippen LogP contribution is 2.16.